The van der Waals surface area contributed by atoms with Crippen molar-refractivity contribution in [2.45, 2.75) is 5.41 Å². The molecular weight excluding hydrogens is 713 g/mol. The molecule has 1 atom stereocenters. The number of hydrogen-bond acceptors (Lipinski definition) is 2. The predicted octanol–water partition coefficient (Wildman–Crippen LogP) is 14.4. The molecule has 2 heteroatoms. The van der Waals surface area contributed by atoms with Crippen molar-refractivity contribution in [3.05, 3.63) is 229 Å². The monoisotopic (exact) mass is 746 g/mol. The minimum atomic E-state index is -0.644. The molecule has 1 heterocycles. The Labute approximate surface area is 342 Å². The molecule has 0 saturated carbocycles. The predicted molar refractivity (Wildman–Crippen MR) is 244 cm³/mol. The van der Waals surface area contributed by atoms with Crippen LogP contribution in [0.5, 0.6) is 0 Å². The van der Waals surface area contributed by atoms with Crippen molar-refractivity contribution in [3.8, 4) is 67.3 Å². The van der Waals surface area contributed by atoms with E-state index in [4.69, 9.17) is 9.97 Å². The summed E-state index contributed by atoms with van der Waals surface area (Å²) in [5, 5.41) is 7.81. The van der Waals surface area contributed by atoms with E-state index in [1.165, 1.54) is 88.0 Å². The standard InChI is InChI=1S/C57H34N2/c1-3-14-35(15-4-1)51-34-52(59-56(58-51)38-16-5-2-6-17-38)39-29-30-44-42-21-8-7-20-41(42)43-22-9-11-24-47(43)57(49(44)32-39)48-25-12-10-23-45(48)55-46-31-28-37-19-13-18-36-26-27-40(33-50(55)57)54(46)53(36)37/h1-34H. The molecule has 0 radical (unpaired) electrons. The van der Waals surface area contributed by atoms with Gasteiger partial charge in [-0.25, -0.2) is 9.97 Å². The highest BCUT2D eigenvalue weighted by molar-refractivity contribution is 6.27. The van der Waals surface area contributed by atoms with E-state index in [1.54, 1.807) is 0 Å². The lowest BCUT2D eigenvalue weighted by Gasteiger charge is -2.36. The van der Waals surface area contributed by atoms with Gasteiger partial charge in [0.1, 0.15) is 0 Å². The zero-order chi connectivity index (χ0) is 38.7. The number of nitrogens with zero attached hydrogens (tertiary/aromatic N) is 2. The lowest BCUT2D eigenvalue weighted by molar-refractivity contribution is 0.777. The summed E-state index contributed by atoms with van der Waals surface area (Å²) in [5.41, 5.74) is 17.0. The van der Waals surface area contributed by atoms with Crippen LogP contribution < -0.4 is 0 Å². The van der Waals surface area contributed by atoms with Gasteiger partial charge in [0.25, 0.3) is 0 Å². The van der Waals surface area contributed by atoms with Crippen molar-refractivity contribution in [1.82, 2.24) is 9.97 Å². The maximum Gasteiger partial charge on any atom is 0.160 e. The molecule has 0 bridgehead atoms. The molecule has 13 rings (SSSR count). The van der Waals surface area contributed by atoms with E-state index in [9.17, 15) is 0 Å². The molecule has 0 fully saturated rings. The van der Waals surface area contributed by atoms with Crippen LogP contribution in [-0.2, 0) is 5.41 Å². The highest BCUT2D eigenvalue weighted by Crippen LogP contribution is 2.63. The fraction of sp³-hybridized carbons (Fsp3) is 0.0175. The summed E-state index contributed by atoms with van der Waals surface area (Å²) in [4.78, 5) is 10.5. The van der Waals surface area contributed by atoms with Gasteiger partial charge >= 0.3 is 0 Å². The minimum Gasteiger partial charge on any atom is -0.228 e. The Morgan fingerprint density at radius 1 is 0.305 bits per heavy atom. The second kappa shape index (κ2) is 12.2. The largest absolute Gasteiger partial charge is 0.228 e. The molecule has 11 aromatic rings. The van der Waals surface area contributed by atoms with Gasteiger partial charge in [-0.05, 0) is 106 Å². The van der Waals surface area contributed by atoms with E-state index in [0.29, 0.717) is 5.82 Å². The molecule has 1 unspecified atom stereocenters. The van der Waals surface area contributed by atoms with E-state index < -0.39 is 5.41 Å². The smallest absolute Gasteiger partial charge is 0.160 e. The Hall–Kier alpha value is -7.68. The second-order valence-electron chi connectivity index (χ2n) is 16.0. The summed E-state index contributed by atoms with van der Waals surface area (Å²) in [6, 6.07) is 75.9. The summed E-state index contributed by atoms with van der Waals surface area (Å²) in [5.74, 6) is 0.711. The lowest BCUT2D eigenvalue weighted by Crippen LogP contribution is -2.29. The molecule has 2 nitrogen and oxygen atoms in total. The Morgan fingerprint density at radius 3 is 1.59 bits per heavy atom. The zero-order valence-electron chi connectivity index (χ0n) is 32.0. The summed E-state index contributed by atoms with van der Waals surface area (Å²) in [7, 11) is 0. The van der Waals surface area contributed by atoms with Crippen LogP contribution >= 0.6 is 0 Å². The van der Waals surface area contributed by atoms with Gasteiger partial charge in [0, 0.05) is 16.7 Å². The Balaban J connectivity index is 1.18. The van der Waals surface area contributed by atoms with Crippen molar-refractivity contribution in [1.29, 1.82) is 0 Å². The molecule has 272 valence electrons. The van der Waals surface area contributed by atoms with Crippen LogP contribution in [0, 0.1) is 0 Å². The Morgan fingerprint density at radius 2 is 0.864 bits per heavy atom. The summed E-state index contributed by atoms with van der Waals surface area (Å²) in [6.45, 7) is 0. The first-order valence-corrected chi connectivity index (χ1v) is 20.4. The molecule has 1 spiro atoms. The van der Waals surface area contributed by atoms with Gasteiger partial charge in [0.05, 0.1) is 16.8 Å². The molecule has 2 aliphatic rings. The molecule has 59 heavy (non-hydrogen) atoms. The van der Waals surface area contributed by atoms with Crippen LogP contribution in [0.2, 0.25) is 0 Å². The molecule has 0 N–H and O–H groups in total. The van der Waals surface area contributed by atoms with E-state index in [-0.39, 0.29) is 0 Å². The van der Waals surface area contributed by atoms with Crippen molar-refractivity contribution in [2.24, 2.45) is 0 Å². The maximum atomic E-state index is 5.35. The first kappa shape index (κ1) is 32.4. The fourth-order valence-electron chi connectivity index (χ4n) is 10.6. The van der Waals surface area contributed by atoms with Crippen molar-refractivity contribution in [3.63, 3.8) is 0 Å². The van der Waals surface area contributed by atoms with E-state index in [2.05, 4.69) is 200 Å². The average Bonchev–Trinajstić information content (AvgIpc) is 3.55. The van der Waals surface area contributed by atoms with Crippen LogP contribution in [0.1, 0.15) is 22.3 Å². The number of aromatic nitrogens is 2. The number of benzene rings is 10. The van der Waals surface area contributed by atoms with Gasteiger partial charge in [-0.1, -0.05) is 188 Å². The quantitative estimate of drug-likeness (QED) is 0.168. The van der Waals surface area contributed by atoms with Gasteiger partial charge in [0.15, 0.2) is 5.82 Å². The fourth-order valence-corrected chi connectivity index (χ4v) is 10.6. The molecule has 2 aliphatic carbocycles. The van der Waals surface area contributed by atoms with Gasteiger partial charge in [-0.15, -0.1) is 0 Å². The molecule has 10 aromatic carbocycles. The Kier molecular flexibility index (Phi) is 6.68. The average molecular weight is 747 g/mol. The third-order valence-electron chi connectivity index (χ3n) is 13.0. The van der Waals surface area contributed by atoms with Crippen LogP contribution in [-0.4, -0.2) is 9.97 Å². The normalized spacial score (nSPS) is 14.8. The molecule has 0 aliphatic heterocycles. The van der Waals surface area contributed by atoms with Gasteiger partial charge in [-0.3, -0.25) is 0 Å². The number of rotatable bonds is 3. The van der Waals surface area contributed by atoms with Crippen molar-refractivity contribution >= 4 is 32.3 Å². The SMILES string of the molecule is c1ccc(-c2cc(-c3ccc4c(c3)C3(c5ccccc5-c5ccccc5-4)c4ccccc4-c4c3cc3ccc5cccc6ccc4c3c56)nc(-c3ccccc3)n2)cc1. The van der Waals surface area contributed by atoms with Gasteiger partial charge in [0.2, 0.25) is 0 Å². The lowest BCUT2D eigenvalue weighted by atomic mass is 9.65. The number of fused-ring (bicyclic) bond motifs is 13. The highest BCUT2D eigenvalue weighted by atomic mass is 14.9. The first-order valence-electron chi connectivity index (χ1n) is 20.4. The van der Waals surface area contributed by atoms with Crippen molar-refractivity contribution in [2.75, 3.05) is 0 Å². The van der Waals surface area contributed by atoms with Crippen LogP contribution in [0.3, 0.4) is 0 Å². The maximum absolute atomic E-state index is 5.35. The summed E-state index contributed by atoms with van der Waals surface area (Å²) in [6.07, 6.45) is 0. The summed E-state index contributed by atoms with van der Waals surface area (Å²) >= 11 is 0. The van der Waals surface area contributed by atoms with E-state index >= 15 is 0 Å². The van der Waals surface area contributed by atoms with E-state index in [0.717, 1.165) is 28.1 Å². The highest BCUT2D eigenvalue weighted by Gasteiger charge is 2.50. The van der Waals surface area contributed by atoms with E-state index in [1.807, 2.05) is 6.07 Å². The summed E-state index contributed by atoms with van der Waals surface area (Å²) < 4.78 is 0. The van der Waals surface area contributed by atoms with Crippen molar-refractivity contribution < 1.29 is 0 Å². The topological polar surface area (TPSA) is 25.8 Å². The molecule has 1 aromatic heterocycles. The van der Waals surface area contributed by atoms with Gasteiger partial charge < -0.3 is 0 Å². The van der Waals surface area contributed by atoms with Crippen LogP contribution in [0.25, 0.3) is 99.6 Å². The second-order valence-corrected chi connectivity index (χ2v) is 16.0. The zero-order valence-corrected chi connectivity index (χ0v) is 32.0. The number of hydrogen-bond donors (Lipinski definition) is 0. The van der Waals surface area contributed by atoms with Crippen LogP contribution in [0.15, 0.2) is 206 Å². The third-order valence-corrected chi connectivity index (χ3v) is 13.0. The van der Waals surface area contributed by atoms with Gasteiger partial charge in [-0.2, -0.15) is 0 Å². The first-order chi connectivity index (χ1) is 29.3. The molecular formula is C57H34N2. The van der Waals surface area contributed by atoms with Crippen LogP contribution in [0.4, 0.5) is 0 Å². The third kappa shape index (κ3) is 4.46. The Bertz CT molecular complexity index is 3420. The molecule has 0 amide bonds. The minimum absolute atomic E-state index is 0.644. The molecule has 0 saturated heterocycles.